The average Bonchev–Trinajstić information content (AvgIpc) is 3.74. The molecule has 37 heavy (non-hydrogen) atoms. The van der Waals surface area contributed by atoms with Crippen molar-refractivity contribution in [3.8, 4) is 11.1 Å². The lowest BCUT2D eigenvalue weighted by atomic mass is 10.0. The Hall–Kier alpha value is -3.55. The first kappa shape index (κ1) is 23.8. The van der Waals surface area contributed by atoms with Crippen LogP contribution in [0, 0.1) is 0 Å². The number of rotatable bonds is 8. The first-order chi connectivity index (χ1) is 18.3. The third-order valence-electron chi connectivity index (χ3n) is 7.32. The second-order valence-corrected chi connectivity index (χ2v) is 13.0. The molecule has 0 spiro atoms. The van der Waals surface area contributed by atoms with Gasteiger partial charge in [0.15, 0.2) is 0 Å². The molecule has 182 valence electrons. The van der Waals surface area contributed by atoms with E-state index in [0.29, 0.717) is 0 Å². The van der Waals surface area contributed by atoms with Crippen molar-refractivity contribution in [3.63, 3.8) is 0 Å². The predicted molar refractivity (Wildman–Crippen MR) is 159 cm³/mol. The van der Waals surface area contributed by atoms with Crippen LogP contribution < -0.4 is 21.2 Å². The van der Waals surface area contributed by atoms with Gasteiger partial charge in [0.1, 0.15) is 28.5 Å². The lowest BCUT2D eigenvalue weighted by molar-refractivity contribution is 0.311. The van der Waals surface area contributed by atoms with Gasteiger partial charge in [-0.15, -0.1) is 0 Å². The van der Waals surface area contributed by atoms with Gasteiger partial charge in [-0.1, -0.05) is 91.9 Å². The fourth-order valence-corrected chi connectivity index (χ4v) is 9.64. The molecule has 0 saturated carbocycles. The summed E-state index contributed by atoms with van der Waals surface area (Å²) in [5.74, 6) is 0. The molecule has 5 aromatic carbocycles. The van der Waals surface area contributed by atoms with Crippen LogP contribution in [0.3, 0.4) is 0 Å². The Morgan fingerprint density at radius 2 is 1.03 bits per heavy atom. The molecule has 3 heteroatoms. The van der Waals surface area contributed by atoms with Crippen LogP contribution >= 0.6 is 7.26 Å². The maximum Gasteiger partial charge on any atom is 0.144 e. The molecule has 0 radical (unpaired) electrons. The molecule has 1 fully saturated rings. The molecule has 0 amide bonds. The van der Waals surface area contributed by atoms with Crippen molar-refractivity contribution < 1.29 is 0 Å². The van der Waals surface area contributed by atoms with Crippen molar-refractivity contribution >= 4 is 28.5 Å². The maximum absolute atomic E-state index is 2.39. The summed E-state index contributed by atoms with van der Waals surface area (Å²) in [6, 6.07) is 51.5. The molecule has 5 aromatic rings. The van der Waals surface area contributed by atoms with Crippen molar-refractivity contribution in [2.45, 2.75) is 13.5 Å². The van der Waals surface area contributed by atoms with Gasteiger partial charge in [0.2, 0.25) is 0 Å². The van der Waals surface area contributed by atoms with E-state index < -0.39 is 7.26 Å². The number of hydrogen-bond acceptors (Lipinski definition) is 2. The fourth-order valence-electron chi connectivity index (χ4n) is 5.40. The molecular weight excluding hydrogens is 467 g/mol. The van der Waals surface area contributed by atoms with Crippen molar-refractivity contribution in [2.75, 3.05) is 13.2 Å². The van der Waals surface area contributed by atoms with Crippen LogP contribution in [0.25, 0.3) is 11.1 Å². The zero-order valence-corrected chi connectivity index (χ0v) is 22.1. The van der Waals surface area contributed by atoms with Crippen molar-refractivity contribution in [1.29, 1.82) is 0 Å². The van der Waals surface area contributed by atoms with E-state index in [1.165, 1.54) is 37.9 Å². The molecule has 0 aromatic heterocycles. The first-order valence-corrected chi connectivity index (χ1v) is 14.8. The SMILES string of the molecule is CCN1CN1Cc1cccc(-c2ccc([P+](c3ccccc3)(c3ccccc3)c3ccccc3)cc2)c1. The number of hydrogen-bond donors (Lipinski definition) is 0. The van der Waals surface area contributed by atoms with Crippen LogP contribution in [0.5, 0.6) is 0 Å². The Morgan fingerprint density at radius 3 is 1.51 bits per heavy atom. The summed E-state index contributed by atoms with van der Waals surface area (Å²) in [5.41, 5.74) is 3.89. The Bertz CT molecular complexity index is 1350. The largest absolute Gasteiger partial charge is 0.225 e. The van der Waals surface area contributed by atoms with E-state index >= 15 is 0 Å². The zero-order valence-electron chi connectivity index (χ0n) is 21.2. The normalized spacial score (nSPS) is 16.9. The molecule has 1 aliphatic heterocycles. The number of hydrazine groups is 1. The second kappa shape index (κ2) is 10.4. The summed E-state index contributed by atoms with van der Waals surface area (Å²) in [7, 11) is -2.06. The first-order valence-electron chi connectivity index (χ1n) is 13.0. The van der Waals surface area contributed by atoms with Gasteiger partial charge in [0.05, 0.1) is 6.67 Å². The van der Waals surface area contributed by atoms with Crippen molar-refractivity contribution in [1.82, 2.24) is 10.0 Å². The maximum atomic E-state index is 2.39. The summed E-state index contributed by atoms with van der Waals surface area (Å²) < 4.78 is 0. The lowest BCUT2D eigenvalue weighted by Gasteiger charge is -2.27. The zero-order chi connectivity index (χ0) is 25.1. The van der Waals surface area contributed by atoms with Gasteiger partial charge in [-0.05, 0) is 71.3 Å². The van der Waals surface area contributed by atoms with Crippen LogP contribution in [0.15, 0.2) is 140 Å². The van der Waals surface area contributed by atoms with Crippen LogP contribution in [0.2, 0.25) is 0 Å². The van der Waals surface area contributed by atoms with E-state index in [-0.39, 0.29) is 0 Å². The van der Waals surface area contributed by atoms with E-state index in [1.807, 2.05) is 0 Å². The van der Waals surface area contributed by atoms with Gasteiger partial charge in [-0.3, -0.25) is 0 Å². The van der Waals surface area contributed by atoms with Crippen LogP contribution in [0.1, 0.15) is 12.5 Å². The van der Waals surface area contributed by atoms with E-state index in [0.717, 1.165) is 19.8 Å². The molecule has 0 bridgehead atoms. The summed E-state index contributed by atoms with van der Waals surface area (Å²) in [6.45, 7) is 5.33. The fraction of sp³-hybridized carbons (Fsp3) is 0.118. The quantitative estimate of drug-likeness (QED) is 0.191. The highest BCUT2D eigenvalue weighted by Gasteiger charge is 2.47. The summed E-state index contributed by atoms with van der Waals surface area (Å²) >= 11 is 0. The van der Waals surface area contributed by atoms with Gasteiger partial charge < -0.3 is 0 Å². The summed E-state index contributed by atoms with van der Waals surface area (Å²) in [6.07, 6.45) is 0. The molecule has 2 nitrogen and oxygen atoms in total. The van der Waals surface area contributed by atoms with Crippen LogP contribution in [-0.2, 0) is 6.54 Å². The minimum Gasteiger partial charge on any atom is -0.225 e. The van der Waals surface area contributed by atoms with Gasteiger partial charge in [0.25, 0.3) is 0 Å². The smallest absolute Gasteiger partial charge is 0.144 e. The highest BCUT2D eigenvalue weighted by molar-refractivity contribution is 8.01. The lowest BCUT2D eigenvalue weighted by Crippen LogP contribution is -2.38. The predicted octanol–water partition coefficient (Wildman–Crippen LogP) is 5.98. The van der Waals surface area contributed by atoms with E-state index in [1.54, 1.807) is 0 Å². The van der Waals surface area contributed by atoms with Crippen molar-refractivity contribution in [2.24, 2.45) is 0 Å². The molecule has 2 unspecified atom stereocenters. The van der Waals surface area contributed by atoms with E-state index in [4.69, 9.17) is 0 Å². The molecule has 6 rings (SSSR count). The van der Waals surface area contributed by atoms with Gasteiger partial charge in [-0.25, -0.2) is 10.0 Å². The molecule has 1 heterocycles. The molecule has 1 aliphatic rings. The highest BCUT2D eigenvalue weighted by atomic mass is 31.2. The van der Waals surface area contributed by atoms with E-state index in [2.05, 4.69) is 156 Å². The highest BCUT2D eigenvalue weighted by Crippen LogP contribution is 2.54. The number of nitrogens with zero attached hydrogens (tertiary/aromatic N) is 2. The van der Waals surface area contributed by atoms with Gasteiger partial charge in [-0.2, -0.15) is 0 Å². The average molecular weight is 500 g/mol. The van der Waals surface area contributed by atoms with E-state index in [9.17, 15) is 0 Å². The van der Waals surface area contributed by atoms with Crippen molar-refractivity contribution in [3.05, 3.63) is 145 Å². The Balaban J connectivity index is 1.45. The molecule has 2 atom stereocenters. The Labute approximate surface area is 221 Å². The monoisotopic (exact) mass is 499 g/mol. The molecule has 1 saturated heterocycles. The van der Waals surface area contributed by atoms with Gasteiger partial charge >= 0.3 is 0 Å². The minimum absolute atomic E-state index is 0.977. The summed E-state index contributed by atoms with van der Waals surface area (Å²) in [4.78, 5) is 0. The third-order valence-corrected chi connectivity index (χ3v) is 11.6. The Kier molecular flexibility index (Phi) is 6.72. The summed E-state index contributed by atoms with van der Waals surface area (Å²) in [5, 5.41) is 10.3. The van der Waals surface area contributed by atoms with Crippen LogP contribution in [0.4, 0.5) is 0 Å². The minimum atomic E-state index is -2.06. The van der Waals surface area contributed by atoms with Gasteiger partial charge in [0, 0.05) is 13.1 Å². The molecular formula is C34H32N2P+. The van der Waals surface area contributed by atoms with Crippen LogP contribution in [-0.4, -0.2) is 23.2 Å². The third kappa shape index (κ3) is 4.65. The Morgan fingerprint density at radius 1 is 0.514 bits per heavy atom. The molecule has 0 aliphatic carbocycles. The number of benzene rings is 5. The second-order valence-electron chi connectivity index (χ2n) is 9.55. The molecule has 0 N–H and O–H groups in total. The standard InChI is InChI=1S/C34H32N2P/c1-2-35-27-36(35)26-28-13-12-14-30(25-28)29-21-23-34(24-22-29)37(31-15-6-3-7-16-31,32-17-8-4-9-18-32)33-19-10-5-11-20-33/h3-25H,2,26-27H2,1H3/q+1. The topological polar surface area (TPSA) is 6.02 Å².